The van der Waals surface area contributed by atoms with Crippen molar-refractivity contribution in [3.63, 3.8) is 0 Å². The minimum Gasteiger partial charge on any atom is -0.461 e. The van der Waals surface area contributed by atoms with Gasteiger partial charge in [0.1, 0.15) is 11.3 Å². The molecule has 0 saturated carbocycles. The number of hydrogen-bond acceptors (Lipinski definition) is 4. The first-order valence-electron chi connectivity index (χ1n) is 9.99. The van der Waals surface area contributed by atoms with E-state index in [9.17, 15) is 0 Å². The molecule has 26 heavy (non-hydrogen) atoms. The Balaban J connectivity index is 1.73. The van der Waals surface area contributed by atoms with E-state index in [4.69, 9.17) is 13.7 Å². The molecule has 0 bridgehead atoms. The number of hydrogen-bond donors (Lipinski definition) is 0. The van der Waals surface area contributed by atoms with Gasteiger partial charge in [0.2, 0.25) is 0 Å². The van der Waals surface area contributed by atoms with E-state index in [2.05, 4.69) is 24.0 Å². The SMILES string of the molecule is CC(C)OB(OC(C)C)c1ccc2oc(CCN3CCC[C@H]3C)cc2c1. The second kappa shape index (κ2) is 8.60. The molecule has 0 unspecified atom stereocenters. The van der Waals surface area contributed by atoms with Crippen LogP contribution >= 0.6 is 0 Å². The number of furan rings is 1. The molecule has 0 amide bonds. The smallest absolute Gasteiger partial charge is 0.461 e. The lowest BCUT2D eigenvalue weighted by molar-refractivity contribution is 0.139. The van der Waals surface area contributed by atoms with Gasteiger partial charge >= 0.3 is 7.12 Å². The molecule has 0 aliphatic carbocycles. The van der Waals surface area contributed by atoms with Crippen LogP contribution in [0, 0.1) is 0 Å². The lowest BCUT2D eigenvalue weighted by atomic mass is 9.77. The maximum Gasteiger partial charge on any atom is 0.494 e. The van der Waals surface area contributed by atoms with E-state index in [0.29, 0.717) is 6.04 Å². The summed E-state index contributed by atoms with van der Waals surface area (Å²) in [5.74, 6) is 1.06. The Morgan fingerprint density at radius 3 is 2.50 bits per heavy atom. The maximum atomic E-state index is 6.05. The van der Waals surface area contributed by atoms with E-state index in [0.717, 1.165) is 35.2 Å². The summed E-state index contributed by atoms with van der Waals surface area (Å²) < 4.78 is 18.0. The highest BCUT2D eigenvalue weighted by Gasteiger charge is 2.25. The van der Waals surface area contributed by atoms with Gasteiger partial charge in [-0.05, 0) is 71.6 Å². The highest BCUT2D eigenvalue weighted by atomic mass is 16.6. The van der Waals surface area contributed by atoms with Crippen molar-refractivity contribution in [1.29, 1.82) is 0 Å². The summed E-state index contributed by atoms with van der Waals surface area (Å²) in [6, 6.07) is 9.09. The lowest BCUT2D eigenvalue weighted by Crippen LogP contribution is -2.40. The van der Waals surface area contributed by atoms with Crippen LogP contribution < -0.4 is 5.46 Å². The molecular formula is C21H32BNO3. The van der Waals surface area contributed by atoms with Gasteiger partial charge in [-0.15, -0.1) is 0 Å². The second-order valence-electron chi connectivity index (χ2n) is 7.99. The average Bonchev–Trinajstić information content (AvgIpc) is 3.16. The van der Waals surface area contributed by atoms with Crippen LogP contribution in [0.15, 0.2) is 28.7 Å². The van der Waals surface area contributed by atoms with Crippen LogP contribution in [0.5, 0.6) is 0 Å². The van der Waals surface area contributed by atoms with Gasteiger partial charge in [-0.1, -0.05) is 12.1 Å². The molecule has 1 saturated heterocycles. The van der Waals surface area contributed by atoms with Gasteiger partial charge in [0.05, 0.1) is 0 Å². The number of benzene rings is 1. The van der Waals surface area contributed by atoms with Gasteiger partial charge in [-0.25, -0.2) is 0 Å². The van der Waals surface area contributed by atoms with Gasteiger partial charge in [-0.3, -0.25) is 0 Å². The molecule has 0 spiro atoms. The molecule has 2 heterocycles. The molecule has 1 aliphatic rings. The van der Waals surface area contributed by atoms with Crippen LogP contribution in [-0.4, -0.2) is 43.4 Å². The molecule has 1 aliphatic heterocycles. The van der Waals surface area contributed by atoms with Crippen LogP contribution in [0.1, 0.15) is 53.2 Å². The predicted molar refractivity (Wildman–Crippen MR) is 108 cm³/mol. The average molecular weight is 357 g/mol. The molecular weight excluding hydrogens is 325 g/mol. The number of fused-ring (bicyclic) bond motifs is 1. The highest BCUT2D eigenvalue weighted by Crippen LogP contribution is 2.21. The Morgan fingerprint density at radius 2 is 1.88 bits per heavy atom. The van der Waals surface area contributed by atoms with Crippen LogP contribution in [0.3, 0.4) is 0 Å². The maximum absolute atomic E-state index is 6.05. The van der Waals surface area contributed by atoms with Gasteiger partial charge in [0.25, 0.3) is 0 Å². The number of rotatable bonds is 8. The molecule has 142 valence electrons. The lowest BCUT2D eigenvalue weighted by Gasteiger charge is -2.19. The zero-order chi connectivity index (χ0) is 18.7. The van der Waals surface area contributed by atoms with Crippen LogP contribution in [0.4, 0.5) is 0 Å². The van der Waals surface area contributed by atoms with Gasteiger partial charge in [0.15, 0.2) is 0 Å². The molecule has 1 aromatic carbocycles. The molecule has 0 N–H and O–H groups in total. The Morgan fingerprint density at radius 1 is 1.15 bits per heavy atom. The predicted octanol–water partition coefficient (Wildman–Crippen LogP) is 4.00. The molecule has 4 nitrogen and oxygen atoms in total. The zero-order valence-electron chi connectivity index (χ0n) is 16.8. The summed E-state index contributed by atoms with van der Waals surface area (Å²) in [5, 5.41) is 1.12. The summed E-state index contributed by atoms with van der Waals surface area (Å²) in [6.45, 7) is 12.7. The van der Waals surface area contributed by atoms with Gasteiger partial charge in [-0.2, -0.15) is 0 Å². The van der Waals surface area contributed by atoms with Crippen molar-refractivity contribution < 1.29 is 13.7 Å². The van der Waals surface area contributed by atoms with Crippen LogP contribution in [0.2, 0.25) is 0 Å². The molecule has 0 radical (unpaired) electrons. The fraction of sp³-hybridized carbons (Fsp3) is 0.619. The third-order valence-corrected chi connectivity index (χ3v) is 4.99. The molecule has 1 fully saturated rings. The van der Waals surface area contributed by atoms with Crippen molar-refractivity contribution in [3.8, 4) is 0 Å². The van der Waals surface area contributed by atoms with E-state index in [1.807, 2.05) is 39.8 Å². The molecule has 5 heteroatoms. The Kier molecular flexibility index (Phi) is 6.44. The summed E-state index contributed by atoms with van der Waals surface area (Å²) in [5.41, 5.74) is 1.98. The van der Waals surface area contributed by atoms with Gasteiger partial charge in [0, 0.05) is 36.6 Å². The largest absolute Gasteiger partial charge is 0.494 e. The first kappa shape index (κ1) is 19.5. The summed E-state index contributed by atoms with van der Waals surface area (Å²) in [4.78, 5) is 2.56. The van der Waals surface area contributed by atoms with Crippen molar-refractivity contribution in [3.05, 3.63) is 30.0 Å². The topological polar surface area (TPSA) is 34.8 Å². The van der Waals surface area contributed by atoms with Crippen molar-refractivity contribution >= 4 is 23.6 Å². The summed E-state index contributed by atoms with van der Waals surface area (Å²) in [7, 11) is -0.344. The van der Waals surface area contributed by atoms with Crippen molar-refractivity contribution in [1.82, 2.24) is 4.90 Å². The molecule has 3 rings (SSSR count). The minimum absolute atomic E-state index is 0.108. The molecule has 1 aromatic heterocycles. The third-order valence-electron chi connectivity index (χ3n) is 4.99. The van der Waals surface area contributed by atoms with Crippen molar-refractivity contribution in [2.45, 2.75) is 72.1 Å². The van der Waals surface area contributed by atoms with E-state index in [-0.39, 0.29) is 19.3 Å². The third kappa shape index (κ3) is 4.90. The monoisotopic (exact) mass is 357 g/mol. The van der Waals surface area contributed by atoms with E-state index >= 15 is 0 Å². The fourth-order valence-electron chi connectivity index (χ4n) is 3.65. The first-order valence-corrected chi connectivity index (χ1v) is 9.99. The Labute approximate surface area is 158 Å². The first-order chi connectivity index (χ1) is 12.4. The Bertz CT molecular complexity index is 702. The standard InChI is InChI=1S/C21H32BNO3/c1-15(2)25-22(26-16(3)4)19-8-9-21-18(13-19)14-20(24-21)10-12-23-11-6-7-17(23)5/h8-9,13-17H,6-7,10-12H2,1-5H3/t17-/m1/s1. The van der Waals surface area contributed by atoms with Crippen LogP contribution in [-0.2, 0) is 15.7 Å². The summed E-state index contributed by atoms with van der Waals surface area (Å²) in [6.07, 6.45) is 3.81. The molecule has 1 atom stereocenters. The zero-order valence-corrected chi connectivity index (χ0v) is 16.8. The Hall–Kier alpha value is -1.30. The number of likely N-dealkylation sites (tertiary alicyclic amines) is 1. The van der Waals surface area contributed by atoms with E-state index in [1.165, 1.54) is 19.4 Å². The highest BCUT2D eigenvalue weighted by molar-refractivity contribution is 6.61. The van der Waals surface area contributed by atoms with Crippen molar-refractivity contribution in [2.75, 3.05) is 13.1 Å². The summed E-state index contributed by atoms with van der Waals surface area (Å²) >= 11 is 0. The minimum atomic E-state index is -0.344. The quantitative estimate of drug-likeness (QED) is 0.669. The normalized spacial score (nSPS) is 18.5. The number of nitrogens with zero attached hydrogens (tertiary/aromatic N) is 1. The van der Waals surface area contributed by atoms with Crippen LogP contribution in [0.25, 0.3) is 11.0 Å². The molecule has 2 aromatic rings. The van der Waals surface area contributed by atoms with E-state index in [1.54, 1.807) is 0 Å². The second-order valence-corrected chi connectivity index (χ2v) is 7.99. The fourth-order valence-corrected chi connectivity index (χ4v) is 3.65. The van der Waals surface area contributed by atoms with E-state index < -0.39 is 0 Å². The van der Waals surface area contributed by atoms with Gasteiger partial charge < -0.3 is 18.6 Å². The van der Waals surface area contributed by atoms with Crippen molar-refractivity contribution in [2.24, 2.45) is 0 Å².